The van der Waals surface area contributed by atoms with Crippen molar-refractivity contribution < 1.29 is 15.0 Å². The number of rotatable bonds is 13. The quantitative estimate of drug-likeness (QED) is 0.379. The summed E-state index contributed by atoms with van der Waals surface area (Å²) in [6.45, 7) is 4.56. The van der Waals surface area contributed by atoms with Crippen LogP contribution in [0.5, 0.6) is 0 Å². The maximum absolute atomic E-state index is 11.9. The van der Waals surface area contributed by atoms with Gasteiger partial charge in [0.05, 0.1) is 6.10 Å². The van der Waals surface area contributed by atoms with Crippen molar-refractivity contribution in [1.29, 1.82) is 0 Å². The Morgan fingerprint density at radius 1 is 1.08 bits per heavy atom. The van der Waals surface area contributed by atoms with Crippen LogP contribution in [0.2, 0.25) is 0 Å². The first-order valence-electron chi connectivity index (χ1n) is 10.1. The van der Waals surface area contributed by atoms with Gasteiger partial charge < -0.3 is 10.2 Å². The number of hydrogen-bond donors (Lipinski definition) is 2. The van der Waals surface area contributed by atoms with Crippen molar-refractivity contribution in [2.75, 3.05) is 6.61 Å². The molecule has 0 aliphatic heterocycles. The molecule has 2 N–H and O–H groups in total. The Labute approximate surface area is 148 Å². The van der Waals surface area contributed by atoms with Crippen LogP contribution in [0.4, 0.5) is 0 Å². The minimum Gasteiger partial charge on any atom is -0.396 e. The molecule has 3 heteroatoms. The molecule has 0 spiro atoms. The van der Waals surface area contributed by atoms with E-state index in [1.54, 1.807) is 6.08 Å². The van der Waals surface area contributed by atoms with E-state index >= 15 is 0 Å². The molecule has 0 aromatic rings. The summed E-state index contributed by atoms with van der Waals surface area (Å²) in [5.74, 6) is 1.21. The highest BCUT2D eigenvalue weighted by Gasteiger charge is 2.37. The lowest BCUT2D eigenvalue weighted by Gasteiger charge is -2.17. The van der Waals surface area contributed by atoms with E-state index in [1.165, 1.54) is 12.8 Å². The predicted octanol–water partition coefficient (Wildman–Crippen LogP) is 4.66. The van der Waals surface area contributed by atoms with Gasteiger partial charge in [-0.1, -0.05) is 58.4 Å². The zero-order valence-electron chi connectivity index (χ0n) is 15.8. The van der Waals surface area contributed by atoms with Crippen LogP contribution in [0.25, 0.3) is 0 Å². The number of carbonyl (C=O) groups is 1. The molecule has 3 nitrogen and oxygen atoms in total. The lowest BCUT2D eigenvalue weighted by Crippen LogP contribution is -2.20. The second-order valence-electron chi connectivity index (χ2n) is 7.57. The summed E-state index contributed by atoms with van der Waals surface area (Å²) >= 11 is 0. The monoisotopic (exact) mass is 338 g/mol. The summed E-state index contributed by atoms with van der Waals surface area (Å²) in [5.41, 5.74) is 0. The molecule has 140 valence electrons. The normalized spacial score (nSPS) is 27.2. The van der Waals surface area contributed by atoms with Crippen molar-refractivity contribution in [3.8, 4) is 0 Å². The lowest BCUT2D eigenvalue weighted by atomic mass is 9.95. The van der Waals surface area contributed by atoms with Crippen LogP contribution in [0.15, 0.2) is 12.2 Å². The van der Waals surface area contributed by atoms with Gasteiger partial charge in [0.25, 0.3) is 0 Å². The maximum atomic E-state index is 11.9. The van der Waals surface area contributed by atoms with Crippen LogP contribution >= 0.6 is 0 Å². The molecule has 1 saturated carbocycles. The van der Waals surface area contributed by atoms with Crippen LogP contribution in [0, 0.1) is 17.8 Å². The van der Waals surface area contributed by atoms with Crippen molar-refractivity contribution in [3.05, 3.63) is 12.2 Å². The minimum atomic E-state index is -0.229. The number of hydrogen-bond acceptors (Lipinski definition) is 3. The van der Waals surface area contributed by atoms with E-state index in [9.17, 15) is 9.90 Å². The number of allylic oxidation sites excluding steroid dienone is 2. The molecule has 1 aliphatic rings. The minimum absolute atomic E-state index is 0.229. The van der Waals surface area contributed by atoms with Crippen molar-refractivity contribution in [2.45, 2.75) is 90.6 Å². The zero-order chi connectivity index (χ0) is 17.8. The van der Waals surface area contributed by atoms with E-state index in [-0.39, 0.29) is 17.8 Å². The smallest absolute Gasteiger partial charge is 0.155 e. The van der Waals surface area contributed by atoms with Crippen molar-refractivity contribution >= 4 is 5.78 Å². The highest BCUT2D eigenvalue weighted by atomic mass is 16.3. The van der Waals surface area contributed by atoms with Gasteiger partial charge in [-0.15, -0.1) is 0 Å². The van der Waals surface area contributed by atoms with E-state index in [4.69, 9.17) is 5.11 Å². The molecule has 0 aromatic heterocycles. The third-order valence-electron chi connectivity index (χ3n) is 5.56. The van der Waals surface area contributed by atoms with Gasteiger partial charge in [-0.2, -0.15) is 0 Å². The average molecular weight is 339 g/mol. The highest BCUT2D eigenvalue weighted by molar-refractivity contribution is 5.89. The number of ketones is 1. The average Bonchev–Trinajstić information content (AvgIpc) is 2.84. The Bertz CT molecular complexity index is 364. The number of carbonyl (C=O) groups excluding carboxylic acids is 1. The van der Waals surface area contributed by atoms with Gasteiger partial charge in [0, 0.05) is 13.0 Å². The predicted molar refractivity (Wildman–Crippen MR) is 99.8 cm³/mol. The standard InChI is InChI=1S/C21H38O3/c1-3-4-8-12-20(23)14-13-18-16-19(21(24)17(18)2)11-9-6-5-7-10-15-22/h13-14,17-19,21-22,24H,3-12,15-16H2,1-2H3. The molecular formula is C21H38O3. The summed E-state index contributed by atoms with van der Waals surface area (Å²) in [6, 6.07) is 0. The van der Waals surface area contributed by atoms with Gasteiger partial charge >= 0.3 is 0 Å². The molecule has 0 heterocycles. The van der Waals surface area contributed by atoms with Crippen molar-refractivity contribution in [1.82, 2.24) is 0 Å². The summed E-state index contributed by atoms with van der Waals surface area (Å²) in [6.07, 6.45) is 15.1. The van der Waals surface area contributed by atoms with Gasteiger partial charge in [0.1, 0.15) is 0 Å². The molecule has 0 saturated heterocycles. The number of aliphatic hydroxyl groups excluding tert-OH is 2. The Kier molecular flexibility index (Phi) is 11.3. The topological polar surface area (TPSA) is 57.5 Å². The Balaban J connectivity index is 2.29. The fourth-order valence-electron chi connectivity index (χ4n) is 3.84. The third-order valence-corrected chi connectivity index (χ3v) is 5.56. The van der Waals surface area contributed by atoms with E-state index in [0.29, 0.717) is 24.9 Å². The van der Waals surface area contributed by atoms with Gasteiger partial charge in [0.2, 0.25) is 0 Å². The molecule has 24 heavy (non-hydrogen) atoms. The maximum Gasteiger partial charge on any atom is 0.155 e. The van der Waals surface area contributed by atoms with E-state index in [1.807, 2.05) is 0 Å². The molecule has 0 amide bonds. The summed E-state index contributed by atoms with van der Waals surface area (Å²) < 4.78 is 0. The van der Waals surface area contributed by atoms with Crippen LogP contribution < -0.4 is 0 Å². The lowest BCUT2D eigenvalue weighted by molar-refractivity contribution is -0.114. The first kappa shape index (κ1) is 21.4. The molecule has 4 unspecified atom stereocenters. The van der Waals surface area contributed by atoms with Gasteiger partial charge in [-0.3, -0.25) is 4.79 Å². The molecule has 0 aromatic carbocycles. The number of unbranched alkanes of at least 4 members (excludes halogenated alkanes) is 6. The molecule has 1 rings (SSSR count). The fourth-order valence-corrected chi connectivity index (χ4v) is 3.84. The summed E-state index contributed by atoms with van der Waals surface area (Å²) in [5, 5.41) is 19.2. The van der Waals surface area contributed by atoms with Gasteiger partial charge in [-0.05, 0) is 49.5 Å². The SMILES string of the molecule is CCCCCC(=O)C=CC1CC(CCCCCCCO)C(O)C1C. The molecule has 4 atom stereocenters. The Morgan fingerprint density at radius 2 is 1.79 bits per heavy atom. The fraction of sp³-hybridized carbons (Fsp3) is 0.857. The van der Waals surface area contributed by atoms with Crippen molar-refractivity contribution in [2.24, 2.45) is 17.8 Å². The van der Waals surface area contributed by atoms with Gasteiger partial charge in [0.15, 0.2) is 5.78 Å². The second kappa shape index (κ2) is 12.7. The van der Waals surface area contributed by atoms with Crippen molar-refractivity contribution in [3.63, 3.8) is 0 Å². The van der Waals surface area contributed by atoms with Crippen LogP contribution in [-0.4, -0.2) is 28.7 Å². The van der Waals surface area contributed by atoms with E-state index < -0.39 is 0 Å². The second-order valence-corrected chi connectivity index (χ2v) is 7.57. The van der Waals surface area contributed by atoms with E-state index in [0.717, 1.165) is 51.4 Å². The zero-order valence-corrected chi connectivity index (χ0v) is 15.8. The third kappa shape index (κ3) is 7.94. The first-order chi connectivity index (χ1) is 11.6. The molecular weight excluding hydrogens is 300 g/mol. The van der Waals surface area contributed by atoms with Gasteiger partial charge in [-0.25, -0.2) is 0 Å². The number of aliphatic hydroxyl groups is 2. The summed E-state index contributed by atoms with van der Waals surface area (Å²) in [7, 11) is 0. The van der Waals surface area contributed by atoms with Crippen LogP contribution in [0.3, 0.4) is 0 Å². The molecule has 0 bridgehead atoms. The Morgan fingerprint density at radius 3 is 2.50 bits per heavy atom. The highest BCUT2D eigenvalue weighted by Crippen LogP contribution is 2.40. The molecule has 1 aliphatic carbocycles. The van der Waals surface area contributed by atoms with Crippen LogP contribution in [-0.2, 0) is 4.79 Å². The Hall–Kier alpha value is -0.670. The first-order valence-corrected chi connectivity index (χ1v) is 10.1. The van der Waals surface area contributed by atoms with Crippen LogP contribution in [0.1, 0.15) is 84.5 Å². The molecule has 0 radical (unpaired) electrons. The van der Waals surface area contributed by atoms with E-state index in [2.05, 4.69) is 19.9 Å². The summed E-state index contributed by atoms with van der Waals surface area (Å²) in [4.78, 5) is 11.9. The molecule has 1 fully saturated rings. The largest absolute Gasteiger partial charge is 0.396 e.